The van der Waals surface area contributed by atoms with Gasteiger partial charge in [-0.05, 0) is 49.4 Å². The normalized spacial score (nSPS) is 19.2. The van der Waals surface area contributed by atoms with Gasteiger partial charge in [-0.15, -0.1) is 0 Å². The average molecular weight is 424 g/mol. The summed E-state index contributed by atoms with van der Waals surface area (Å²) in [5.41, 5.74) is 1.33. The number of hydrogen-bond donors (Lipinski definition) is 0. The molecule has 1 saturated heterocycles. The van der Waals surface area contributed by atoms with Gasteiger partial charge >= 0.3 is 0 Å². The van der Waals surface area contributed by atoms with E-state index in [1.165, 1.54) is 30.3 Å². The highest BCUT2D eigenvalue weighted by atomic mass is 16.7. The summed E-state index contributed by atoms with van der Waals surface area (Å²) in [5.74, 6) is 1.91. The highest BCUT2D eigenvalue weighted by Crippen LogP contribution is 2.33. The van der Waals surface area contributed by atoms with Gasteiger partial charge in [-0.2, -0.15) is 0 Å². The summed E-state index contributed by atoms with van der Waals surface area (Å²) >= 11 is 0. The van der Waals surface area contributed by atoms with Gasteiger partial charge in [0.05, 0.1) is 5.69 Å². The first kappa shape index (κ1) is 20.1. The van der Waals surface area contributed by atoms with Crippen molar-refractivity contribution in [1.82, 2.24) is 14.4 Å². The number of aromatic nitrogens is 1. The van der Waals surface area contributed by atoms with E-state index < -0.39 is 0 Å². The number of ether oxygens (including phenoxy) is 2. The van der Waals surface area contributed by atoms with Gasteiger partial charge < -0.3 is 14.4 Å². The molecule has 7 nitrogen and oxygen atoms in total. The van der Waals surface area contributed by atoms with Crippen LogP contribution in [0.5, 0.6) is 11.5 Å². The fourth-order valence-electron chi connectivity index (χ4n) is 4.97. The predicted molar refractivity (Wildman–Crippen MR) is 117 cm³/mol. The molecule has 2 aromatic rings. The van der Waals surface area contributed by atoms with Crippen molar-refractivity contribution >= 4 is 5.91 Å². The van der Waals surface area contributed by atoms with E-state index in [1.807, 2.05) is 17.9 Å². The van der Waals surface area contributed by atoms with Crippen LogP contribution in [0.15, 0.2) is 35.3 Å². The number of rotatable bonds is 4. The maximum absolute atomic E-state index is 13.3. The summed E-state index contributed by atoms with van der Waals surface area (Å²) in [5, 5.41) is 0. The third kappa shape index (κ3) is 3.94. The van der Waals surface area contributed by atoms with E-state index in [0.717, 1.165) is 25.6 Å². The number of fused-ring (bicyclic) bond motifs is 1. The van der Waals surface area contributed by atoms with Gasteiger partial charge in [0.2, 0.25) is 6.79 Å². The zero-order valence-corrected chi connectivity index (χ0v) is 18.0. The Morgan fingerprint density at radius 2 is 1.77 bits per heavy atom. The van der Waals surface area contributed by atoms with Crippen LogP contribution in [-0.2, 0) is 0 Å². The second-order valence-electron chi connectivity index (χ2n) is 8.83. The number of aryl methyl sites for hydroxylation is 1. The predicted octanol–water partition coefficient (Wildman–Crippen LogP) is 2.82. The quantitative estimate of drug-likeness (QED) is 0.757. The maximum Gasteiger partial charge on any atom is 0.268 e. The van der Waals surface area contributed by atoms with Crippen LogP contribution in [0.2, 0.25) is 0 Å². The topological polar surface area (TPSA) is 64.0 Å². The molecule has 164 valence electrons. The molecule has 0 radical (unpaired) electrons. The highest BCUT2D eigenvalue weighted by Gasteiger charge is 2.28. The minimum Gasteiger partial charge on any atom is -0.454 e. The van der Waals surface area contributed by atoms with Crippen LogP contribution < -0.4 is 15.0 Å². The minimum absolute atomic E-state index is 0.168. The first-order valence-electron chi connectivity index (χ1n) is 11.2. The van der Waals surface area contributed by atoms with Gasteiger partial charge in [0.25, 0.3) is 11.5 Å². The van der Waals surface area contributed by atoms with Crippen molar-refractivity contribution in [1.29, 1.82) is 0 Å². The molecule has 0 spiro atoms. The first-order valence-corrected chi connectivity index (χ1v) is 11.2. The van der Waals surface area contributed by atoms with Crippen molar-refractivity contribution in [2.45, 2.75) is 32.6 Å². The van der Waals surface area contributed by atoms with E-state index in [9.17, 15) is 9.59 Å². The van der Waals surface area contributed by atoms with Crippen molar-refractivity contribution < 1.29 is 14.3 Å². The molecule has 1 aliphatic carbocycles. The van der Waals surface area contributed by atoms with Crippen LogP contribution >= 0.6 is 0 Å². The number of amides is 1. The van der Waals surface area contributed by atoms with Crippen molar-refractivity contribution in [3.8, 4) is 17.2 Å². The Bertz CT molecular complexity index is 1030. The molecule has 1 aromatic carbocycles. The van der Waals surface area contributed by atoms with Crippen LogP contribution in [0.3, 0.4) is 0 Å². The van der Waals surface area contributed by atoms with Crippen LogP contribution in [0.4, 0.5) is 0 Å². The van der Waals surface area contributed by atoms with E-state index in [0.29, 0.717) is 35.8 Å². The summed E-state index contributed by atoms with van der Waals surface area (Å²) in [6.07, 6.45) is 7.09. The zero-order chi connectivity index (χ0) is 21.4. The van der Waals surface area contributed by atoms with Crippen LogP contribution in [0, 0.1) is 12.8 Å². The Morgan fingerprint density at radius 1 is 1.03 bits per heavy atom. The van der Waals surface area contributed by atoms with Gasteiger partial charge in [-0.25, -0.2) is 0 Å². The highest BCUT2D eigenvalue weighted by molar-refractivity contribution is 5.95. The summed E-state index contributed by atoms with van der Waals surface area (Å²) < 4.78 is 12.3. The van der Waals surface area contributed by atoms with Gasteiger partial charge in [-0.3, -0.25) is 19.1 Å². The lowest BCUT2D eigenvalue weighted by molar-refractivity contribution is 0.0615. The SMILES string of the molecule is Cc1ccn(-c2ccc3c(c2)OCO3)c(=O)c1C(=O)N1CCN(CC2CCCC2)CC1. The molecule has 3 aliphatic rings. The second kappa shape index (κ2) is 8.38. The molecule has 0 atom stereocenters. The summed E-state index contributed by atoms with van der Waals surface area (Å²) in [7, 11) is 0. The Morgan fingerprint density at radius 3 is 2.55 bits per heavy atom. The number of carbonyl (C=O) groups is 1. The molecule has 2 aliphatic heterocycles. The van der Waals surface area contributed by atoms with E-state index in [2.05, 4.69) is 4.90 Å². The Labute approximate surface area is 182 Å². The van der Waals surface area contributed by atoms with Crippen LogP contribution in [0.1, 0.15) is 41.6 Å². The largest absolute Gasteiger partial charge is 0.454 e. The summed E-state index contributed by atoms with van der Waals surface area (Å²) in [4.78, 5) is 30.9. The fraction of sp³-hybridized carbons (Fsp3) is 0.500. The molecule has 5 rings (SSSR count). The second-order valence-corrected chi connectivity index (χ2v) is 8.83. The average Bonchev–Trinajstić information content (AvgIpc) is 3.45. The molecule has 2 fully saturated rings. The third-order valence-electron chi connectivity index (χ3n) is 6.80. The number of nitrogens with zero attached hydrogens (tertiary/aromatic N) is 3. The Kier molecular flexibility index (Phi) is 5.44. The van der Waals surface area contributed by atoms with Crippen molar-refractivity contribution in [2.75, 3.05) is 39.5 Å². The lowest BCUT2D eigenvalue weighted by atomic mass is 10.1. The molecule has 3 heterocycles. The molecule has 7 heteroatoms. The molecule has 0 unspecified atom stereocenters. The number of carbonyl (C=O) groups excluding carboxylic acids is 1. The lowest BCUT2D eigenvalue weighted by Crippen LogP contribution is -2.50. The molecule has 1 aromatic heterocycles. The zero-order valence-electron chi connectivity index (χ0n) is 18.0. The van der Waals surface area contributed by atoms with Crippen molar-refractivity contribution in [3.63, 3.8) is 0 Å². The molecule has 1 saturated carbocycles. The van der Waals surface area contributed by atoms with E-state index >= 15 is 0 Å². The Hall–Kier alpha value is -2.80. The number of pyridine rings is 1. The van der Waals surface area contributed by atoms with E-state index in [-0.39, 0.29) is 23.8 Å². The Balaban J connectivity index is 1.33. The summed E-state index contributed by atoms with van der Waals surface area (Å²) in [6.45, 7) is 6.25. The molecule has 0 bridgehead atoms. The van der Waals surface area contributed by atoms with Crippen LogP contribution in [0.25, 0.3) is 5.69 Å². The molecular formula is C24H29N3O4. The van der Waals surface area contributed by atoms with E-state index in [4.69, 9.17) is 9.47 Å². The standard InChI is InChI=1S/C24H29N3O4/c1-17-8-9-27(19-6-7-20-21(14-19)31-16-30-20)24(29)22(17)23(28)26-12-10-25(11-13-26)15-18-4-2-3-5-18/h6-9,14,18H,2-5,10-13,15-16H2,1H3. The van der Waals surface area contributed by atoms with Gasteiger partial charge in [0, 0.05) is 45.0 Å². The number of piperazine rings is 1. The van der Waals surface area contributed by atoms with Gasteiger partial charge in [-0.1, -0.05) is 12.8 Å². The number of benzene rings is 1. The van der Waals surface area contributed by atoms with E-state index in [1.54, 1.807) is 24.4 Å². The monoisotopic (exact) mass is 423 g/mol. The molecule has 31 heavy (non-hydrogen) atoms. The first-order chi connectivity index (χ1) is 15.1. The molecule has 1 amide bonds. The van der Waals surface area contributed by atoms with Crippen LogP contribution in [-0.4, -0.2) is 59.8 Å². The molecular weight excluding hydrogens is 394 g/mol. The third-order valence-corrected chi connectivity index (χ3v) is 6.80. The number of hydrogen-bond acceptors (Lipinski definition) is 5. The minimum atomic E-state index is -0.294. The van der Waals surface area contributed by atoms with Gasteiger partial charge in [0.15, 0.2) is 11.5 Å². The van der Waals surface area contributed by atoms with Gasteiger partial charge in [0.1, 0.15) is 5.56 Å². The fourth-order valence-corrected chi connectivity index (χ4v) is 4.97. The lowest BCUT2D eigenvalue weighted by Gasteiger charge is -2.36. The van der Waals surface area contributed by atoms with Crippen molar-refractivity contribution in [2.24, 2.45) is 5.92 Å². The summed E-state index contributed by atoms with van der Waals surface area (Å²) in [6, 6.07) is 7.19. The molecule has 0 N–H and O–H groups in total. The van der Waals surface area contributed by atoms with Crippen molar-refractivity contribution in [3.05, 3.63) is 51.9 Å². The smallest absolute Gasteiger partial charge is 0.268 e. The maximum atomic E-state index is 13.3.